The Balaban J connectivity index is 1.36. The second kappa shape index (κ2) is 15.9. The van der Waals surface area contributed by atoms with Crippen molar-refractivity contribution in [1.82, 2.24) is 20.3 Å². The highest BCUT2D eigenvalue weighted by Gasteiger charge is 2.62. The topological polar surface area (TPSA) is 151 Å². The molecule has 3 fully saturated rings. The molecule has 5 atom stereocenters. The van der Waals surface area contributed by atoms with Gasteiger partial charge in [0.15, 0.2) is 0 Å². The van der Waals surface area contributed by atoms with E-state index in [0.717, 1.165) is 36.0 Å². The molecule has 1 saturated heterocycles. The molecule has 2 aliphatic carbocycles. The van der Waals surface area contributed by atoms with Gasteiger partial charge in [0.05, 0.1) is 10.00 Å². The van der Waals surface area contributed by atoms with Gasteiger partial charge in [-0.2, -0.15) is 0 Å². The Kier molecular flexibility index (Phi) is 11.7. The summed E-state index contributed by atoms with van der Waals surface area (Å²) >= 11 is 1.65. The number of hydrogen-bond acceptors (Lipinski definition) is 8. The Hall–Kier alpha value is -4.10. The van der Waals surface area contributed by atoms with Crippen LogP contribution >= 0.6 is 11.8 Å². The number of hydrogen-bond donors (Lipinski definition) is 3. The fourth-order valence-corrected chi connectivity index (χ4v) is 10.2. The number of amides is 4. The van der Waals surface area contributed by atoms with Crippen molar-refractivity contribution in [2.45, 2.75) is 112 Å². The lowest BCUT2D eigenvalue weighted by atomic mass is 9.93. The van der Waals surface area contributed by atoms with Gasteiger partial charge in [0.1, 0.15) is 23.2 Å². The quantitative estimate of drug-likeness (QED) is 0.264. The van der Waals surface area contributed by atoms with Crippen LogP contribution in [0, 0.1) is 5.92 Å². The van der Waals surface area contributed by atoms with E-state index in [2.05, 4.69) is 34.1 Å². The van der Waals surface area contributed by atoms with Crippen molar-refractivity contribution in [2.75, 3.05) is 12.3 Å². The molecule has 13 heteroatoms. The van der Waals surface area contributed by atoms with E-state index in [1.807, 2.05) is 54.6 Å². The van der Waals surface area contributed by atoms with Crippen LogP contribution in [0.4, 0.5) is 4.79 Å². The summed E-state index contributed by atoms with van der Waals surface area (Å²) in [5, 5.41) is 5.10. The Labute approximate surface area is 323 Å². The maximum Gasteiger partial charge on any atom is 0.408 e. The monoisotopic (exact) mass is 776 g/mol. The molecule has 0 radical (unpaired) electrons. The van der Waals surface area contributed by atoms with Gasteiger partial charge in [0.25, 0.3) is 5.91 Å². The minimum atomic E-state index is -3.88. The molecular weight excluding hydrogens is 725 g/mol. The van der Waals surface area contributed by atoms with Gasteiger partial charge in [-0.25, -0.2) is 13.2 Å². The number of nitrogens with one attached hydrogen (secondary N) is 3. The molecule has 4 aliphatic rings. The summed E-state index contributed by atoms with van der Waals surface area (Å²) in [7, 11) is -3.88. The molecule has 2 aliphatic heterocycles. The highest BCUT2D eigenvalue weighted by molar-refractivity contribution is 8.00. The zero-order valence-electron chi connectivity index (χ0n) is 31.3. The number of benzene rings is 2. The average molecular weight is 777 g/mol. The highest BCUT2D eigenvalue weighted by atomic mass is 32.2. The Bertz CT molecular complexity index is 1870. The van der Waals surface area contributed by atoms with Gasteiger partial charge in [-0.3, -0.25) is 19.1 Å². The Morgan fingerprint density at radius 1 is 0.944 bits per heavy atom. The first-order valence-electron chi connectivity index (χ1n) is 18.9. The minimum Gasteiger partial charge on any atom is -0.444 e. The van der Waals surface area contributed by atoms with E-state index in [1.165, 1.54) is 0 Å². The third-order valence-electron chi connectivity index (χ3n) is 10.7. The summed E-state index contributed by atoms with van der Waals surface area (Å²) in [6.45, 7) is 9.25. The smallest absolute Gasteiger partial charge is 0.408 e. The lowest BCUT2D eigenvalue weighted by Crippen LogP contribution is -2.58. The molecule has 2 aromatic carbocycles. The molecule has 2 saturated carbocycles. The minimum absolute atomic E-state index is 0.166. The molecule has 4 amide bonds. The summed E-state index contributed by atoms with van der Waals surface area (Å²) in [6.07, 6.45) is 10.2. The maximum absolute atomic E-state index is 14.8. The first kappa shape index (κ1) is 39.6. The standard InChI is InChI=1S/C41H52N4O7S2/c1-5-30-25-41(30,37(48)44-54(50,51)32-22-23-32)43-35(46)34-26-40(31-20-18-29(19-21-31)28-15-11-10-12-16-28)27-45(34)36(47)33(42-38(49)52-39(2,3)4)17-13-8-6-7-9-14-24-53-40/h5,9-12,14-16,18-21,30,32-34H,1,6-8,13,17,22-27H2,2-4H3,(H,42,49)(H,43,46)(H,44,48)/t30-,33+,34+,40+,41-/m1/s1. The SMILES string of the molecule is C=C[C@@H]1C[C@]1(NC(=O)[C@@H]1C[C@@]2(c3ccc(-c4ccccc4)cc3)CN1C(=O)[C@@H](NC(=O)OC(C)(C)C)CCCCCC=CCS2)C(=O)NS(=O)(=O)C1CC1. The number of thioether (sulfide) groups is 1. The second-order valence-corrected chi connectivity index (χ2v) is 19.3. The van der Waals surface area contributed by atoms with E-state index in [4.69, 9.17) is 4.74 Å². The maximum atomic E-state index is 14.8. The Morgan fingerprint density at radius 3 is 2.30 bits per heavy atom. The van der Waals surface area contributed by atoms with Gasteiger partial charge in [-0.15, -0.1) is 18.3 Å². The van der Waals surface area contributed by atoms with Gasteiger partial charge < -0.3 is 20.3 Å². The number of allylic oxidation sites excluding steroid dienone is 1. The van der Waals surface area contributed by atoms with Crippen molar-refractivity contribution in [2.24, 2.45) is 5.92 Å². The third kappa shape index (κ3) is 9.05. The summed E-state index contributed by atoms with van der Waals surface area (Å²) < 4.78 is 32.6. The summed E-state index contributed by atoms with van der Waals surface area (Å²) in [4.78, 5) is 57.7. The lowest BCUT2D eigenvalue weighted by molar-refractivity contribution is -0.141. The summed E-state index contributed by atoms with van der Waals surface area (Å²) in [5.41, 5.74) is 0.731. The van der Waals surface area contributed by atoms with Gasteiger partial charge in [-0.1, -0.05) is 85.7 Å². The van der Waals surface area contributed by atoms with Crippen LogP contribution in [0.15, 0.2) is 79.4 Å². The number of carbonyl (C=O) groups excluding carboxylic acids is 4. The van der Waals surface area contributed by atoms with Crippen molar-refractivity contribution < 1.29 is 32.3 Å². The zero-order chi connectivity index (χ0) is 38.7. The molecule has 0 aromatic heterocycles. The van der Waals surface area contributed by atoms with Crippen molar-refractivity contribution in [3.63, 3.8) is 0 Å². The number of nitrogens with zero attached hydrogens (tertiary/aromatic N) is 1. The molecule has 2 bridgehead atoms. The van der Waals surface area contributed by atoms with Gasteiger partial charge >= 0.3 is 6.09 Å². The summed E-state index contributed by atoms with van der Waals surface area (Å²) in [6, 6.07) is 16.2. The van der Waals surface area contributed by atoms with Gasteiger partial charge in [0, 0.05) is 18.2 Å². The molecule has 54 heavy (non-hydrogen) atoms. The van der Waals surface area contributed by atoms with Crippen LogP contribution in [0.1, 0.15) is 84.1 Å². The number of ether oxygens (including phenoxy) is 1. The summed E-state index contributed by atoms with van der Waals surface area (Å²) in [5.74, 6) is -1.62. The molecule has 11 nitrogen and oxygen atoms in total. The van der Waals surface area contributed by atoms with Crippen LogP contribution in [0.2, 0.25) is 0 Å². The number of sulfonamides is 1. The van der Waals surface area contributed by atoms with E-state index in [-0.39, 0.29) is 19.4 Å². The first-order valence-corrected chi connectivity index (χ1v) is 21.5. The fourth-order valence-electron chi connectivity index (χ4n) is 7.44. The van der Waals surface area contributed by atoms with Crippen molar-refractivity contribution >= 4 is 45.6 Å². The first-order chi connectivity index (χ1) is 25.7. The number of fused-ring (bicyclic) bond motifs is 2. The normalized spacial score (nSPS) is 27.6. The van der Waals surface area contributed by atoms with E-state index in [1.54, 1.807) is 43.5 Å². The third-order valence-corrected chi connectivity index (χ3v) is 13.9. The van der Waals surface area contributed by atoms with E-state index in [9.17, 15) is 27.6 Å². The zero-order valence-corrected chi connectivity index (χ0v) is 33.0. The predicted molar refractivity (Wildman–Crippen MR) is 211 cm³/mol. The Morgan fingerprint density at radius 2 is 1.65 bits per heavy atom. The van der Waals surface area contributed by atoms with Crippen molar-refractivity contribution in [3.8, 4) is 11.1 Å². The van der Waals surface area contributed by atoms with Crippen LogP contribution in [-0.2, 0) is 33.9 Å². The average Bonchev–Trinajstić information content (AvgIpc) is 4.06. The van der Waals surface area contributed by atoms with Crippen LogP contribution in [0.25, 0.3) is 11.1 Å². The van der Waals surface area contributed by atoms with Crippen molar-refractivity contribution in [3.05, 3.63) is 85.0 Å². The van der Waals surface area contributed by atoms with E-state index in [0.29, 0.717) is 31.4 Å². The molecular formula is C41H52N4O7S2. The number of alkyl carbamates (subject to hydrolysis) is 1. The highest BCUT2D eigenvalue weighted by Crippen LogP contribution is 2.50. The predicted octanol–water partition coefficient (Wildman–Crippen LogP) is 5.97. The molecule has 2 aromatic rings. The van der Waals surface area contributed by atoms with Gasteiger partial charge in [0.2, 0.25) is 21.8 Å². The van der Waals surface area contributed by atoms with Crippen LogP contribution in [0.3, 0.4) is 0 Å². The fraction of sp³-hybridized carbons (Fsp3) is 0.512. The lowest BCUT2D eigenvalue weighted by Gasteiger charge is -2.32. The van der Waals surface area contributed by atoms with Crippen LogP contribution < -0.4 is 15.4 Å². The number of carbonyl (C=O) groups is 4. The van der Waals surface area contributed by atoms with Gasteiger partial charge in [-0.05, 0) is 82.4 Å². The number of rotatable bonds is 9. The molecule has 0 unspecified atom stereocenters. The molecule has 3 N–H and O–H groups in total. The second-order valence-electron chi connectivity index (χ2n) is 15.9. The molecule has 6 rings (SSSR count). The van der Waals surface area contributed by atoms with E-state index >= 15 is 0 Å². The van der Waals surface area contributed by atoms with Crippen molar-refractivity contribution in [1.29, 1.82) is 0 Å². The van der Waals surface area contributed by atoms with Crippen LogP contribution in [-0.4, -0.2) is 77.9 Å². The molecule has 290 valence electrons. The molecule has 2 heterocycles. The molecule has 0 spiro atoms. The largest absolute Gasteiger partial charge is 0.444 e. The van der Waals surface area contributed by atoms with Crippen LogP contribution in [0.5, 0.6) is 0 Å². The van der Waals surface area contributed by atoms with E-state index < -0.39 is 73.0 Å².